The molecule has 3 unspecified atom stereocenters. The van der Waals surface area contributed by atoms with Gasteiger partial charge in [-0.2, -0.15) is 0 Å². The van der Waals surface area contributed by atoms with Crippen LogP contribution in [0.25, 0.3) is 0 Å². The van der Waals surface area contributed by atoms with Gasteiger partial charge in [0.2, 0.25) is 5.91 Å². The molecular weight excluding hydrogens is 631 g/mol. The number of nitrogens with one attached hydrogen (secondary N) is 1. The van der Waals surface area contributed by atoms with E-state index in [1.54, 1.807) is 0 Å². The number of rotatable bonds is 41. The standard InChI is InChI=1S/C46H89NO4/c1-3-5-7-9-11-13-14-15-16-17-18-19-20-21-22-23-24-25-26-27-28-29-30-31-32-33-35-37-39-41-45(50)47-43(42-48)46(51)44(49)40-38-36-34-12-10-8-6-4-2/h4,6,12,34,43-44,46,48-49,51H,3,5,7-11,13-33,35-42H2,1-2H3,(H,47,50)/b6-4+,34-12+. The molecule has 0 aliphatic carbocycles. The first kappa shape index (κ1) is 49.8. The van der Waals surface area contributed by atoms with Gasteiger partial charge in [-0.15, -0.1) is 0 Å². The molecule has 0 aromatic carbocycles. The van der Waals surface area contributed by atoms with E-state index in [2.05, 4.69) is 30.5 Å². The van der Waals surface area contributed by atoms with Crippen molar-refractivity contribution < 1.29 is 20.1 Å². The SMILES string of the molecule is C/C=C/CC/C=C/CCCC(O)C(O)C(CO)NC(=O)CCCCCCCCCCCCCCCCCCCCCCCCCCCCCCC. The molecule has 5 heteroatoms. The van der Waals surface area contributed by atoms with E-state index in [1.165, 1.54) is 167 Å². The number of amides is 1. The van der Waals surface area contributed by atoms with Crippen LogP contribution in [0.4, 0.5) is 0 Å². The third kappa shape index (κ3) is 37.0. The van der Waals surface area contributed by atoms with E-state index in [1.807, 2.05) is 13.0 Å². The maximum absolute atomic E-state index is 12.4. The zero-order chi connectivity index (χ0) is 37.3. The van der Waals surface area contributed by atoms with Crippen LogP contribution in [-0.2, 0) is 4.79 Å². The molecule has 5 nitrogen and oxygen atoms in total. The van der Waals surface area contributed by atoms with Crippen molar-refractivity contribution in [1.29, 1.82) is 0 Å². The second-order valence-electron chi connectivity index (χ2n) is 15.6. The van der Waals surface area contributed by atoms with E-state index >= 15 is 0 Å². The molecule has 1 amide bonds. The van der Waals surface area contributed by atoms with Gasteiger partial charge in [0.05, 0.1) is 18.8 Å². The highest BCUT2D eigenvalue weighted by Crippen LogP contribution is 2.17. The third-order valence-electron chi connectivity index (χ3n) is 10.6. The van der Waals surface area contributed by atoms with Gasteiger partial charge in [0.15, 0.2) is 0 Å². The lowest BCUT2D eigenvalue weighted by Crippen LogP contribution is -2.50. The molecule has 4 N–H and O–H groups in total. The number of carbonyl (C=O) groups is 1. The number of hydrogen-bond acceptors (Lipinski definition) is 4. The van der Waals surface area contributed by atoms with Gasteiger partial charge in [-0.1, -0.05) is 211 Å². The summed E-state index contributed by atoms with van der Waals surface area (Å²) >= 11 is 0. The minimum Gasteiger partial charge on any atom is -0.394 e. The molecule has 0 saturated carbocycles. The number of carbonyl (C=O) groups excluding carboxylic acids is 1. The third-order valence-corrected chi connectivity index (χ3v) is 10.6. The maximum atomic E-state index is 12.4. The molecule has 0 aromatic rings. The summed E-state index contributed by atoms with van der Waals surface area (Å²) in [4.78, 5) is 12.4. The normalized spacial score (nSPS) is 13.7. The fourth-order valence-corrected chi connectivity index (χ4v) is 7.13. The summed E-state index contributed by atoms with van der Waals surface area (Å²) in [6.45, 7) is 3.93. The lowest BCUT2D eigenvalue weighted by molar-refractivity contribution is -0.124. The molecule has 0 rings (SSSR count). The molecule has 0 aromatic heterocycles. The van der Waals surface area contributed by atoms with Crippen molar-refractivity contribution in [3.63, 3.8) is 0 Å². The van der Waals surface area contributed by atoms with Crippen molar-refractivity contribution in [1.82, 2.24) is 5.32 Å². The first-order valence-corrected chi connectivity index (χ1v) is 22.6. The Hall–Kier alpha value is -1.17. The number of hydrogen-bond donors (Lipinski definition) is 4. The van der Waals surface area contributed by atoms with Crippen LogP contribution in [0.1, 0.15) is 239 Å². The van der Waals surface area contributed by atoms with Crippen LogP contribution in [0.3, 0.4) is 0 Å². The predicted molar refractivity (Wildman–Crippen MR) is 222 cm³/mol. The fourth-order valence-electron chi connectivity index (χ4n) is 7.13. The van der Waals surface area contributed by atoms with Gasteiger partial charge >= 0.3 is 0 Å². The quantitative estimate of drug-likeness (QED) is 0.0374. The van der Waals surface area contributed by atoms with Crippen molar-refractivity contribution in [2.45, 2.75) is 257 Å². The van der Waals surface area contributed by atoms with Crippen molar-refractivity contribution >= 4 is 5.91 Å². The highest BCUT2D eigenvalue weighted by molar-refractivity contribution is 5.76. The van der Waals surface area contributed by atoms with Crippen LogP contribution in [0, 0.1) is 0 Å². The van der Waals surface area contributed by atoms with Crippen LogP contribution in [0.5, 0.6) is 0 Å². The van der Waals surface area contributed by atoms with Gasteiger partial charge in [0.1, 0.15) is 6.10 Å². The molecular formula is C46H89NO4. The van der Waals surface area contributed by atoms with E-state index in [4.69, 9.17) is 0 Å². The summed E-state index contributed by atoms with van der Waals surface area (Å²) in [6, 6.07) is -0.826. The van der Waals surface area contributed by atoms with Gasteiger partial charge in [0, 0.05) is 6.42 Å². The van der Waals surface area contributed by atoms with Crippen LogP contribution >= 0.6 is 0 Å². The molecule has 51 heavy (non-hydrogen) atoms. The summed E-state index contributed by atoms with van der Waals surface area (Å²) in [5.74, 6) is -0.158. The number of allylic oxidation sites excluding steroid dienone is 4. The minimum atomic E-state index is -1.16. The van der Waals surface area contributed by atoms with Crippen molar-refractivity contribution in [2.75, 3.05) is 6.61 Å². The molecule has 0 fully saturated rings. The summed E-state index contributed by atoms with van der Waals surface area (Å²) < 4.78 is 0. The Balaban J connectivity index is 3.44. The molecule has 0 saturated heterocycles. The summed E-state index contributed by atoms with van der Waals surface area (Å²) in [6.07, 6.45) is 50.6. The highest BCUT2D eigenvalue weighted by Gasteiger charge is 2.26. The second kappa shape index (κ2) is 41.6. The number of aliphatic hydroxyl groups excluding tert-OH is 3. The average molecular weight is 720 g/mol. The molecule has 0 aliphatic rings. The monoisotopic (exact) mass is 720 g/mol. The second-order valence-corrected chi connectivity index (χ2v) is 15.6. The van der Waals surface area contributed by atoms with Crippen molar-refractivity contribution in [3.8, 4) is 0 Å². The first-order valence-electron chi connectivity index (χ1n) is 22.6. The lowest BCUT2D eigenvalue weighted by atomic mass is 10.0. The lowest BCUT2D eigenvalue weighted by Gasteiger charge is -2.26. The molecule has 0 spiro atoms. The van der Waals surface area contributed by atoms with E-state index in [9.17, 15) is 20.1 Å². The molecule has 302 valence electrons. The molecule has 0 bridgehead atoms. The Labute approximate surface area is 318 Å². The Morgan fingerprint density at radius 2 is 0.863 bits per heavy atom. The Kier molecular flexibility index (Phi) is 40.6. The van der Waals surface area contributed by atoms with E-state index in [-0.39, 0.29) is 12.5 Å². The van der Waals surface area contributed by atoms with Gasteiger partial charge < -0.3 is 20.6 Å². The molecule has 0 heterocycles. The Morgan fingerprint density at radius 3 is 1.24 bits per heavy atom. The van der Waals surface area contributed by atoms with Crippen LogP contribution in [0.2, 0.25) is 0 Å². The number of aliphatic hydroxyl groups is 3. The molecule has 0 aliphatic heterocycles. The van der Waals surface area contributed by atoms with E-state index < -0.39 is 18.2 Å². The first-order chi connectivity index (χ1) is 25.1. The smallest absolute Gasteiger partial charge is 0.220 e. The largest absolute Gasteiger partial charge is 0.394 e. The molecule has 0 radical (unpaired) electrons. The van der Waals surface area contributed by atoms with Gasteiger partial charge in [0.25, 0.3) is 0 Å². The maximum Gasteiger partial charge on any atom is 0.220 e. The van der Waals surface area contributed by atoms with Gasteiger partial charge in [-0.3, -0.25) is 4.79 Å². The van der Waals surface area contributed by atoms with Gasteiger partial charge in [-0.05, 0) is 45.4 Å². The summed E-state index contributed by atoms with van der Waals surface area (Å²) in [5, 5.41) is 33.2. The summed E-state index contributed by atoms with van der Waals surface area (Å²) in [7, 11) is 0. The zero-order valence-corrected chi connectivity index (χ0v) is 34.2. The van der Waals surface area contributed by atoms with Crippen LogP contribution in [0.15, 0.2) is 24.3 Å². The van der Waals surface area contributed by atoms with Crippen molar-refractivity contribution in [2.24, 2.45) is 0 Å². The topological polar surface area (TPSA) is 89.8 Å². The average Bonchev–Trinajstić information content (AvgIpc) is 3.13. The predicted octanol–water partition coefficient (Wildman–Crippen LogP) is 13.0. The van der Waals surface area contributed by atoms with E-state index in [0.717, 1.165) is 44.9 Å². The van der Waals surface area contributed by atoms with Crippen LogP contribution in [-0.4, -0.2) is 46.1 Å². The zero-order valence-electron chi connectivity index (χ0n) is 34.2. The Morgan fingerprint density at radius 1 is 0.510 bits per heavy atom. The highest BCUT2D eigenvalue weighted by atomic mass is 16.3. The van der Waals surface area contributed by atoms with E-state index in [0.29, 0.717) is 12.8 Å². The summed E-state index contributed by atoms with van der Waals surface area (Å²) in [5.41, 5.74) is 0. The minimum absolute atomic E-state index is 0.158. The van der Waals surface area contributed by atoms with Crippen molar-refractivity contribution in [3.05, 3.63) is 24.3 Å². The van der Waals surface area contributed by atoms with Crippen LogP contribution < -0.4 is 5.32 Å². The fraction of sp³-hybridized carbons (Fsp3) is 0.891. The molecule has 3 atom stereocenters. The Bertz CT molecular complexity index is 754. The number of unbranched alkanes of at least 4 members (excludes halogenated alkanes) is 30. The van der Waals surface area contributed by atoms with Gasteiger partial charge in [-0.25, -0.2) is 0 Å².